The highest BCUT2D eigenvalue weighted by Gasteiger charge is 2.31. The summed E-state index contributed by atoms with van der Waals surface area (Å²) in [6, 6.07) is 42.8. The molecule has 33 nitrogen and oxygen atoms in total. The Hall–Kier alpha value is -15.5. The van der Waals surface area contributed by atoms with Gasteiger partial charge in [-0.2, -0.15) is 15.3 Å². The summed E-state index contributed by atoms with van der Waals surface area (Å²) in [5, 5.41) is 21.8. The van der Waals surface area contributed by atoms with E-state index < -0.39 is 64.4 Å². The molecule has 0 radical (unpaired) electrons. The zero-order valence-corrected chi connectivity index (χ0v) is 89.2. The van der Waals surface area contributed by atoms with Gasteiger partial charge in [0, 0.05) is 185 Å². The summed E-state index contributed by atoms with van der Waals surface area (Å²) in [6.45, 7) is 42.7. The molecule has 2 N–H and O–H groups in total. The summed E-state index contributed by atoms with van der Waals surface area (Å²) >= 11 is 5.86. The molecule has 0 fully saturated rings. The van der Waals surface area contributed by atoms with Crippen molar-refractivity contribution in [1.29, 1.82) is 0 Å². The highest BCUT2D eigenvalue weighted by molar-refractivity contribution is 6.18. The van der Waals surface area contributed by atoms with Crippen LogP contribution in [0.15, 0.2) is 208 Å². The molecule has 770 valence electrons. The number of rotatable bonds is 19. The maximum absolute atomic E-state index is 12.9. The van der Waals surface area contributed by atoms with Crippen LogP contribution in [0.5, 0.6) is 0 Å². The first-order valence-corrected chi connectivity index (χ1v) is 49.2. The molecule has 17 rings (SSSR count). The number of alkyl halides is 1. The van der Waals surface area contributed by atoms with Crippen molar-refractivity contribution in [1.82, 2.24) is 92.4 Å². The first-order chi connectivity index (χ1) is 69.3. The van der Waals surface area contributed by atoms with E-state index in [-0.39, 0.29) is 29.8 Å². The van der Waals surface area contributed by atoms with E-state index in [1.165, 1.54) is 52.5 Å². The number of carbonyl (C=O) groups is 9. The number of Topliss-reactive ketones (excluding diaryl/α,β-unsaturated/α-hetero) is 2. The van der Waals surface area contributed by atoms with Crippen LogP contribution in [0.4, 0.5) is 24.0 Å². The lowest BCUT2D eigenvalue weighted by molar-refractivity contribution is -0.130. The topological polar surface area (TPSA) is 385 Å². The number of fused-ring (bicyclic) bond motifs is 6. The van der Waals surface area contributed by atoms with Crippen molar-refractivity contribution in [3.63, 3.8) is 0 Å². The standard InChI is InChI=1S/C27H30N4O3.C22H22N4O.C18H22N4O2.C18H22N2O4.C15H21N3O2.C13H15ClN2O2/c1-18-23(19(2)31(29-18)24(32)14-13-20-10-7-6-8-11-20)16-21-17-30(26(33)34-27(3,4)5)25-22(21)12-9-15-28-25;1-15-20(13-18-14-24-22-19(18)9-6-12-23-22)16(2)26(25-15)21(27)11-10-17-7-4-3-5-8-17;1-11-15(12(2)21-20-11)9-13-10-22(17(23)24-18(3,4)5)16-14(13)7-6-8-19-16;1-11(21)15(12(2)22)9-13-10-20(17(23)24-18(3,4)5)16-14(13)7-6-8-19-16;1-15(2,3)20-14(19)18-10-11(9-17(4)5)12-7-6-8-16-13(12)18;1-13(2,3)18-12(17)16-8-9(7-14)10-5-4-6-15-11(10)16/h6-12,15,17H,13-14,16H2,1-5H3;3-9,12,14H,10-11,13H2,1-2H3,(H,23,24);6-8,10H,9H2,1-5H3,(H,20,21);6-8,10,15H,9H2,1-5H3;6-8,10H,9H2,1-5H3;4-6,8H,7H2,1-3H3. The second-order valence-electron chi connectivity index (χ2n) is 41.3. The van der Waals surface area contributed by atoms with Gasteiger partial charge in [0.15, 0.2) is 0 Å². The molecule has 15 aromatic heterocycles. The van der Waals surface area contributed by atoms with Gasteiger partial charge in [0.25, 0.3) is 0 Å². The minimum atomic E-state index is -0.720. The molecule has 147 heavy (non-hydrogen) atoms. The van der Waals surface area contributed by atoms with E-state index >= 15 is 0 Å². The zero-order valence-electron chi connectivity index (χ0n) is 88.5. The number of ketones is 2. The summed E-state index contributed by atoms with van der Waals surface area (Å²) in [7, 11) is 3.99. The number of ether oxygens (including phenoxy) is 5. The Morgan fingerprint density at radius 3 is 1.01 bits per heavy atom. The molecule has 0 saturated heterocycles. The van der Waals surface area contributed by atoms with Crippen LogP contribution in [0.3, 0.4) is 0 Å². The van der Waals surface area contributed by atoms with Crippen molar-refractivity contribution in [2.45, 2.75) is 251 Å². The predicted molar refractivity (Wildman–Crippen MR) is 569 cm³/mol. The molecule has 0 saturated carbocycles. The lowest BCUT2D eigenvalue weighted by Gasteiger charge is -2.19. The van der Waals surface area contributed by atoms with E-state index in [0.29, 0.717) is 66.2 Å². The normalized spacial score (nSPS) is 11.7. The zero-order chi connectivity index (χ0) is 107. The van der Waals surface area contributed by atoms with Gasteiger partial charge in [0.2, 0.25) is 11.8 Å². The van der Waals surface area contributed by atoms with Crippen LogP contribution in [-0.2, 0) is 84.2 Å². The van der Waals surface area contributed by atoms with E-state index in [1.807, 2.05) is 279 Å². The smallest absolute Gasteiger partial charge is 0.420 e. The number of halogens is 1. The Balaban J connectivity index is 0.000000159. The van der Waals surface area contributed by atoms with Gasteiger partial charge in [-0.15, -0.1) is 11.6 Å². The second kappa shape index (κ2) is 47.1. The van der Waals surface area contributed by atoms with Gasteiger partial charge in [0.1, 0.15) is 73.5 Å². The maximum Gasteiger partial charge on any atom is 0.420 e. The molecule has 0 bridgehead atoms. The summed E-state index contributed by atoms with van der Waals surface area (Å²) in [6.07, 6.45) is 22.8. The van der Waals surface area contributed by atoms with Crippen molar-refractivity contribution >= 4 is 132 Å². The monoisotopic (exact) mass is 2010 g/mol. The number of nitrogens with one attached hydrogen (secondary N) is 2. The maximum atomic E-state index is 12.9. The molecule has 0 amide bonds. The molecule has 15 heterocycles. The number of aromatic nitrogens is 18. The van der Waals surface area contributed by atoms with Crippen LogP contribution in [-0.4, -0.2) is 188 Å². The number of hydrogen-bond acceptors (Lipinski definition) is 24. The molecule has 0 unspecified atom stereocenters. The number of nitrogens with zero attached hydrogens (tertiary/aromatic N) is 17. The van der Waals surface area contributed by atoms with Crippen molar-refractivity contribution in [2.24, 2.45) is 5.92 Å². The molecule has 0 aliphatic carbocycles. The Morgan fingerprint density at radius 2 is 0.673 bits per heavy atom. The van der Waals surface area contributed by atoms with E-state index in [1.54, 1.807) is 87.3 Å². The molecule has 17 aromatic rings. The minimum Gasteiger partial charge on any atom is -0.443 e. The predicted octanol–water partition coefficient (Wildman–Crippen LogP) is 23.1. The fraction of sp³-hybridized carbons (Fsp3) is 0.363. The van der Waals surface area contributed by atoms with Crippen molar-refractivity contribution in [3.05, 3.63) is 303 Å². The lowest BCUT2D eigenvalue weighted by Crippen LogP contribution is -2.27. The third kappa shape index (κ3) is 28.8. The Morgan fingerprint density at radius 1 is 0.367 bits per heavy atom. The van der Waals surface area contributed by atoms with Crippen molar-refractivity contribution in [2.75, 3.05) is 14.1 Å². The van der Waals surface area contributed by atoms with E-state index in [0.717, 1.165) is 142 Å². The third-order valence-electron chi connectivity index (χ3n) is 23.4. The molecular weight excluding hydrogens is 1880 g/mol. The average molecular weight is 2020 g/mol. The van der Waals surface area contributed by atoms with Crippen LogP contribution in [0.25, 0.3) is 66.2 Å². The highest BCUT2D eigenvalue weighted by atomic mass is 35.5. The summed E-state index contributed by atoms with van der Waals surface area (Å²) in [5.74, 6) is -0.769. The molecule has 2 aromatic carbocycles. The Labute approximate surface area is 860 Å². The fourth-order valence-corrected chi connectivity index (χ4v) is 16.8. The summed E-state index contributed by atoms with van der Waals surface area (Å²) in [4.78, 5) is 142. The van der Waals surface area contributed by atoms with Gasteiger partial charge in [-0.1, -0.05) is 60.7 Å². The molecule has 0 aliphatic rings. The van der Waals surface area contributed by atoms with Gasteiger partial charge in [-0.3, -0.25) is 24.3 Å². The fourth-order valence-electron chi connectivity index (χ4n) is 16.6. The number of hydrogen-bond donors (Lipinski definition) is 2. The number of benzene rings is 2. The number of pyridine rings is 6. The van der Waals surface area contributed by atoms with Crippen LogP contribution in [0, 0.1) is 47.5 Å². The van der Waals surface area contributed by atoms with Crippen LogP contribution in [0.1, 0.15) is 235 Å². The molecule has 34 heteroatoms. The average Bonchev–Trinajstić information content (AvgIpc) is 1.64. The van der Waals surface area contributed by atoms with E-state index in [9.17, 15) is 43.2 Å². The van der Waals surface area contributed by atoms with Gasteiger partial charge in [-0.05, 0) is 310 Å². The molecule has 0 spiro atoms. The molecule has 0 atom stereocenters. The Bertz CT molecular complexity index is 7580. The lowest BCUT2D eigenvalue weighted by atomic mass is 9.93. The summed E-state index contributed by atoms with van der Waals surface area (Å²) in [5.41, 5.74) is 17.6. The number of aromatic amines is 2. The molecular formula is C113H132ClN19O14. The van der Waals surface area contributed by atoms with Gasteiger partial charge in [-0.25, -0.2) is 86.1 Å². The second-order valence-corrected chi connectivity index (χ2v) is 41.6. The largest absolute Gasteiger partial charge is 0.443 e. The van der Waals surface area contributed by atoms with Crippen LogP contribution >= 0.6 is 11.6 Å². The van der Waals surface area contributed by atoms with Gasteiger partial charge < -0.3 is 33.6 Å². The summed E-state index contributed by atoms with van der Waals surface area (Å²) < 4.78 is 37.4. The number of aryl methyl sites for hydroxylation is 6. The minimum absolute atomic E-state index is 0.0336. The third-order valence-corrected chi connectivity index (χ3v) is 23.7. The van der Waals surface area contributed by atoms with Crippen molar-refractivity contribution < 1.29 is 66.8 Å². The van der Waals surface area contributed by atoms with E-state index in [2.05, 4.69) is 66.2 Å². The molecule has 0 aliphatic heterocycles. The first-order valence-electron chi connectivity index (χ1n) is 48.6. The highest BCUT2D eigenvalue weighted by Crippen LogP contribution is 2.33. The van der Waals surface area contributed by atoms with E-state index in [4.69, 9.17) is 35.3 Å². The number of carbonyl (C=O) groups excluding carboxylic acids is 9. The van der Waals surface area contributed by atoms with Gasteiger partial charge >= 0.3 is 30.5 Å². The first kappa shape index (κ1) is 110. The van der Waals surface area contributed by atoms with Crippen LogP contribution in [0.2, 0.25) is 0 Å². The van der Waals surface area contributed by atoms with Crippen LogP contribution < -0.4 is 0 Å². The quantitative estimate of drug-likeness (QED) is 0.0431. The SMILES string of the molecule is CC(=O)C(Cc1cn(C(=O)OC(C)(C)C)c2ncccc12)C(C)=O.CC(C)(C)OC(=O)n1cc(CCl)c2cccnc21.CN(C)Cc1cn(C(=O)OC(C)(C)C)c2ncccc12.Cc1n[nH]c(C)c1Cc1cn(C(=O)OC(C)(C)C)c2ncccc12.Cc1nn(C(=O)CCc2ccccc2)c(C)c1Cc1c[nH]c2ncccc12.Cc1nn(C(=O)CCc2ccccc2)c(C)c1Cc1cn(C(=O)OC(C)(C)C)c2ncccc12. The Kier molecular flexibility index (Phi) is 35.3. The number of H-pyrrole nitrogens is 2. The van der Waals surface area contributed by atoms with Gasteiger partial charge in [0.05, 0.1) is 23.0 Å². The van der Waals surface area contributed by atoms with Crippen molar-refractivity contribution in [3.8, 4) is 0 Å².